The van der Waals surface area contributed by atoms with Crippen LogP contribution >= 0.6 is 0 Å². The Kier molecular flexibility index (Phi) is 15.3. The van der Waals surface area contributed by atoms with E-state index in [1.54, 1.807) is 6.08 Å². The van der Waals surface area contributed by atoms with E-state index >= 15 is 0 Å². The van der Waals surface area contributed by atoms with Crippen LogP contribution in [0.1, 0.15) is 104 Å². The van der Waals surface area contributed by atoms with Gasteiger partial charge in [-0.2, -0.15) is 0 Å². The third-order valence-electron chi connectivity index (χ3n) is 4.42. The van der Waals surface area contributed by atoms with E-state index in [2.05, 4.69) is 13.8 Å². The van der Waals surface area contributed by atoms with E-state index < -0.39 is 0 Å². The summed E-state index contributed by atoms with van der Waals surface area (Å²) in [4.78, 5) is 11.3. The Morgan fingerprint density at radius 2 is 1.33 bits per heavy atom. The molecule has 0 aromatic carbocycles. The number of hydrogen-bond acceptors (Lipinski definition) is 1. The molecule has 0 aliphatic heterocycles. The third-order valence-corrected chi connectivity index (χ3v) is 4.42. The fourth-order valence-corrected chi connectivity index (χ4v) is 2.68. The topological polar surface area (TPSA) is 17.1 Å². The highest BCUT2D eigenvalue weighted by molar-refractivity contribution is 5.89. The molecule has 0 saturated heterocycles. The van der Waals surface area contributed by atoms with Crippen LogP contribution in [-0.4, -0.2) is 5.78 Å². The first kappa shape index (κ1) is 20.4. The van der Waals surface area contributed by atoms with Crippen LogP contribution in [0, 0.1) is 5.92 Å². The molecule has 0 aromatic rings. The van der Waals surface area contributed by atoms with E-state index in [4.69, 9.17) is 0 Å². The molecular weight excluding hydrogens is 256 g/mol. The van der Waals surface area contributed by atoms with Crippen LogP contribution in [0.25, 0.3) is 0 Å². The number of unbranched alkanes of at least 4 members (excludes halogenated alkanes) is 9. The van der Waals surface area contributed by atoms with E-state index in [1.165, 1.54) is 70.6 Å². The van der Waals surface area contributed by atoms with Gasteiger partial charge in [-0.25, -0.2) is 0 Å². The van der Waals surface area contributed by atoms with Crippen molar-refractivity contribution in [1.29, 1.82) is 0 Å². The molecule has 0 radical (unpaired) electrons. The van der Waals surface area contributed by atoms with E-state index in [0.29, 0.717) is 0 Å². The van der Waals surface area contributed by atoms with Gasteiger partial charge in [0.2, 0.25) is 0 Å². The van der Waals surface area contributed by atoms with Crippen molar-refractivity contribution in [2.45, 2.75) is 104 Å². The fraction of sp³-hybridized carbons (Fsp3) is 0.850. The van der Waals surface area contributed by atoms with Crippen molar-refractivity contribution < 1.29 is 4.79 Å². The minimum Gasteiger partial charge on any atom is -0.295 e. The molecule has 0 aromatic heterocycles. The molecule has 1 heteroatoms. The quantitative estimate of drug-likeness (QED) is 0.238. The van der Waals surface area contributed by atoms with Gasteiger partial charge in [0, 0.05) is 6.42 Å². The van der Waals surface area contributed by atoms with E-state index in [-0.39, 0.29) is 5.78 Å². The van der Waals surface area contributed by atoms with Gasteiger partial charge in [0.15, 0.2) is 5.78 Å². The van der Waals surface area contributed by atoms with E-state index in [1.807, 2.05) is 13.0 Å². The first-order chi connectivity index (χ1) is 10.2. The predicted octanol–water partition coefficient (Wildman–Crippen LogP) is 6.86. The normalized spacial score (nSPS) is 12.9. The second-order valence-electron chi connectivity index (χ2n) is 6.55. The van der Waals surface area contributed by atoms with Crippen molar-refractivity contribution in [3.8, 4) is 0 Å². The Labute approximate surface area is 133 Å². The highest BCUT2D eigenvalue weighted by Crippen LogP contribution is 2.15. The highest BCUT2D eigenvalue weighted by atomic mass is 16.1. The van der Waals surface area contributed by atoms with Crippen molar-refractivity contribution in [2.24, 2.45) is 5.92 Å². The van der Waals surface area contributed by atoms with Crippen molar-refractivity contribution in [3.63, 3.8) is 0 Å². The van der Waals surface area contributed by atoms with Crippen LogP contribution in [-0.2, 0) is 4.79 Å². The number of rotatable bonds is 15. The Morgan fingerprint density at radius 1 is 0.857 bits per heavy atom. The molecule has 0 aliphatic carbocycles. The van der Waals surface area contributed by atoms with Gasteiger partial charge in [-0.3, -0.25) is 4.79 Å². The maximum Gasteiger partial charge on any atom is 0.155 e. The van der Waals surface area contributed by atoms with Gasteiger partial charge in [0.05, 0.1) is 0 Å². The maximum atomic E-state index is 11.3. The number of carbonyl (C=O) groups is 1. The number of hydrogen-bond donors (Lipinski definition) is 0. The van der Waals surface area contributed by atoms with Gasteiger partial charge in [-0.1, -0.05) is 90.6 Å². The van der Waals surface area contributed by atoms with Gasteiger partial charge in [0.1, 0.15) is 0 Å². The molecule has 0 fully saturated rings. The number of carbonyl (C=O) groups excluding carboxylic acids is 1. The zero-order chi connectivity index (χ0) is 15.8. The molecule has 0 saturated carbocycles. The SMILES string of the molecule is CC=CC(=O)CCCCCCCCCCCCC(C)CC. The molecule has 1 atom stereocenters. The Balaban J connectivity index is 3.11. The zero-order valence-corrected chi connectivity index (χ0v) is 14.8. The summed E-state index contributed by atoms with van der Waals surface area (Å²) < 4.78 is 0. The smallest absolute Gasteiger partial charge is 0.155 e. The molecule has 0 rings (SSSR count). The predicted molar refractivity (Wildman–Crippen MR) is 94.7 cm³/mol. The van der Waals surface area contributed by atoms with Crippen molar-refractivity contribution in [1.82, 2.24) is 0 Å². The van der Waals surface area contributed by atoms with Gasteiger partial charge in [-0.05, 0) is 25.3 Å². The van der Waals surface area contributed by atoms with Crippen LogP contribution in [0.3, 0.4) is 0 Å². The fourth-order valence-electron chi connectivity index (χ4n) is 2.68. The summed E-state index contributed by atoms with van der Waals surface area (Å²) in [6.07, 6.45) is 20.4. The van der Waals surface area contributed by atoms with Gasteiger partial charge >= 0.3 is 0 Å². The molecule has 0 amide bonds. The van der Waals surface area contributed by atoms with Crippen LogP contribution in [0.5, 0.6) is 0 Å². The Hall–Kier alpha value is -0.590. The average Bonchev–Trinajstić information content (AvgIpc) is 2.48. The molecule has 1 nitrogen and oxygen atoms in total. The van der Waals surface area contributed by atoms with Crippen LogP contribution in [0.15, 0.2) is 12.2 Å². The first-order valence-electron chi connectivity index (χ1n) is 9.36. The van der Waals surface area contributed by atoms with Crippen LogP contribution in [0.4, 0.5) is 0 Å². The largest absolute Gasteiger partial charge is 0.295 e. The lowest BCUT2D eigenvalue weighted by molar-refractivity contribution is -0.114. The Bertz CT molecular complexity index is 255. The van der Waals surface area contributed by atoms with Gasteiger partial charge < -0.3 is 0 Å². The minimum atomic E-state index is 0.287. The molecule has 0 bridgehead atoms. The van der Waals surface area contributed by atoms with E-state index in [9.17, 15) is 4.79 Å². The lowest BCUT2D eigenvalue weighted by atomic mass is 9.99. The molecule has 0 heterocycles. The van der Waals surface area contributed by atoms with Crippen molar-refractivity contribution in [3.05, 3.63) is 12.2 Å². The first-order valence-corrected chi connectivity index (χ1v) is 9.36. The molecule has 21 heavy (non-hydrogen) atoms. The summed E-state index contributed by atoms with van der Waals surface area (Å²) in [5, 5.41) is 0. The van der Waals surface area contributed by atoms with Crippen LogP contribution < -0.4 is 0 Å². The summed E-state index contributed by atoms with van der Waals surface area (Å²) in [6.45, 7) is 6.56. The van der Waals surface area contributed by atoms with Crippen LogP contribution in [0.2, 0.25) is 0 Å². The van der Waals surface area contributed by atoms with Gasteiger partial charge in [0.25, 0.3) is 0 Å². The molecular formula is C20H38O. The summed E-state index contributed by atoms with van der Waals surface area (Å²) in [5.74, 6) is 1.21. The lowest BCUT2D eigenvalue weighted by Gasteiger charge is -2.07. The molecule has 1 unspecified atom stereocenters. The second-order valence-corrected chi connectivity index (χ2v) is 6.55. The highest BCUT2D eigenvalue weighted by Gasteiger charge is 1.99. The summed E-state index contributed by atoms with van der Waals surface area (Å²) in [6, 6.07) is 0. The summed E-state index contributed by atoms with van der Waals surface area (Å²) in [5.41, 5.74) is 0. The molecule has 124 valence electrons. The third kappa shape index (κ3) is 15.6. The summed E-state index contributed by atoms with van der Waals surface area (Å²) >= 11 is 0. The molecule has 0 spiro atoms. The summed E-state index contributed by atoms with van der Waals surface area (Å²) in [7, 11) is 0. The van der Waals surface area contributed by atoms with Gasteiger partial charge in [-0.15, -0.1) is 0 Å². The average molecular weight is 295 g/mol. The van der Waals surface area contributed by atoms with Crippen molar-refractivity contribution >= 4 is 5.78 Å². The monoisotopic (exact) mass is 294 g/mol. The lowest BCUT2D eigenvalue weighted by Crippen LogP contribution is -1.92. The standard InChI is InChI=1S/C20H38O/c1-4-16-20(21)18-15-13-11-9-7-6-8-10-12-14-17-19(3)5-2/h4,16,19H,5-15,17-18H2,1-3H3. The second kappa shape index (κ2) is 15.8. The van der Waals surface area contributed by atoms with Crippen molar-refractivity contribution in [2.75, 3.05) is 0 Å². The number of allylic oxidation sites excluding steroid dienone is 2. The number of ketones is 1. The van der Waals surface area contributed by atoms with E-state index in [0.717, 1.165) is 18.8 Å². The minimum absolute atomic E-state index is 0.287. The molecule has 0 N–H and O–H groups in total. The maximum absolute atomic E-state index is 11.3. The Morgan fingerprint density at radius 3 is 1.81 bits per heavy atom. The zero-order valence-electron chi connectivity index (χ0n) is 14.8. The molecule has 0 aliphatic rings.